The lowest BCUT2D eigenvalue weighted by molar-refractivity contribution is -0.141. The molecule has 0 heterocycles. The van der Waals surface area contributed by atoms with Gasteiger partial charge in [-0.3, -0.25) is 9.59 Å². The molecule has 1 amide bonds. The Hall–Kier alpha value is -2.37. The average Bonchev–Trinajstić information content (AvgIpc) is 3.16. The van der Waals surface area contributed by atoms with E-state index in [1.807, 2.05) is 4.90 Å². The first-order chi connectivity index (χ1) is 25.9. The van der Waals surface area contributed by atoms with Crippen LogP contribution in [-0.2, 0) is 9.59 Å². The highest BCUT2D eigenvalue weighted by Gasteiger charge is 2.14. The van der Waals surface area contributed by atoms with Crippen LogP contribution >= 0.6 is 0 Å². The second kappa shape index (κ2) is 40.8. The van der Waals surface area contributed by atoms with Gasteiger partial charge < -0.3 is 15.1 Å². The van der Waals surface area contributed by atoms with E-state index in [0.717, 1.165) is 25.9 Å². The normalized spacial score (nSPS) is 10.9. The van der Waals surface area contributed by atoms with Gasteiger partial charge in [0.15, 0.2) is 0 Å². The number of carboxylic acid groups (broad SMARTS) is 2. The van der Waals surface area contributed by atoms with Crippen molar-refractivity contribution in [2.45, 2.75) is 232 Å². The zero-order chi connectivity index (χ0) is 38.9. The van der Waals surface area contributed by atoms with E-state index >= 15 is 0 Å². The third-order valence-electron chi connectivity index (χ3n) is 10.5. The van der Waals surface area contributed by atoms with Crippen LogP contribution in [0.5, 0.6) is 0 Å². The molecule has 6 nitrogen and oxygen atoms in total. The number of rotatable bonds is 38. The van der Waals surface area contributed by atoms with Crippen molar-refractivity contribution in [2.75, 3.05) is 13.1 Å². The smallest absolute Gasteiger partial charge is 0.335 e. The molecule has 1 rings (SSSR count). The van der Waals surface area contributed by atoms with E-state index in [1.165, 1.54) is 193 Å². The molecule has 0 atom stereocenters. The van der Waals surface area contributed by atoms with Crippen LogP contribution in [0, 0.1) is 0 Å². The van der Waals surface area contributed by atoms with E-state index in [2.05, 4.69) is 13.8 Å². The Kier molecular flexibility index (Phi) is 39.0. The summed E-state index contributed by atoms with van der Waals surface area (Å²) < 4.78 is 0. The molecule has 0 aliphatic rings. The number of carboxylic acids is 2. The Balaban J connectivity index is 0.00000259. The van der Waals surface area contributed by atoms with Crippen LogP contribution in [0.1, 0.15) is 243 Å². The molecule has 0 aliphatic carbocycles. The largest absolute Gasteiger partial charge is 0.481 e. The van der Waals surface area contributed by atoms with Crippen LogP contribution in [0.2, 0.25) is 0 Å². The van der Waals surface area contributed by atoms with E-state index in [-0.39, 0.29) is 18.7 Å². The Bertz CT molecular complexity index is 900. The summed E-state index contributed by atoms with van der Waals surface area (Å²) in [5, 5.41) is 17.4. The number of nitrogens with zero attached hydrogens (tertiary/aromatic N) is 1. The second-order valence-corrected chi connectivity index (χ2v) is 15.6. The molecule has 0 aromatic heterocycles. The molecule has 0 saturated heterocycles. The van der Waals surface area contributed by atoms with Gasteiger partial charge in [-0.1, -0.05) is 225 Å². The third kappa shape index (κ3) is 37.7. The Labute approximate surface area is 327 Å². The summed E-state index contributed by atoms with van der Waals surface area (Å²) in [5.41, 5.74) is 0.331. The molecule has 0 aliphatic heterocycles. The molecular weight excluding hydrogens is 659 g/mol. The van der Waals surface area contributed by atoms with Crippen molar-refractivity contribution in [3.8, 4) is 0 Å². The lowest BCUT2D eigenvalue weighted by atomic mass is 10.0. The van der Waals surface area contributed by atoms with E-state index in [4.69, 9.17) is 10.2 Å². The van der Waals surface area contributed by atoms with Gasteiger partial charge in [0.25, 0.3) is 0 Å². The van der Waals surface area contributed by atoms with Crippen LogP contribution in [0.4, 0.5) is 0 Å². The third-order valence-corrected chi connectivity index (χ3v) is 10.5. The van der Waals surface area contributed by atoms with Crippen LogP contribution in [0.3, 0.4) is 0 Å². The molecule has 53 heavy (non-hydrogen) atoms. The van der Waals surface area contributed by atoms with Gasteiger partial charge in [0.05, 0.1) is 12.0 Å². The van der Waals surface area contributed by atoms with Gasteiger partial charge in [-0.25, -0.2) is 4.79 Å². The number of carbonyl (C=O) groups excluding carboxylic acids is 1. The fourth-order valence-corrected chi connectivity index (χ4v) is 7.02. The molecule has 308 valence electrons. The molecule has 0 bridgehead atoms. The minimum absolute atomic E-state index is 0.0364. The van der Waals surface area contributed by atoms with Crippen molar-refractivity contribution in [3.05, 3.63) is 35.9 Å². The quantitative estimate of drug-likeness (QED) is 0.0658. The van der Waals surface area contributed by atoms with Crippen molar-refractivity contribution in [1.29, 1.82) is 0 Å². The maximum atomic E-state index is 12.7. The van der Waals surface area contributed by atoms with Crippen molar-refractivity contribution in [3.63, 3.8) is 0 Å². The van der Waals surface area contributed by atoms with E-state index in [9.17, 15) is 14.4 Å². The molecule has 0 radical (unpaired) electrons. The van der Waals surface area contributed by atoms with Crippen LogP contribution in [0.15, 0.2) is 30.3 Å². The number of carbonyl (C=O) groups is 3. The molecule has 1 aromatic carbocycles. The number of aromatic carboxylic acids is 1. The average molecular weight is 744 g/mol. The van der Waals surface area contributed by atoms with Gasteiger partial charge >= 0.3 is 11.9 Å². The fraction of sp³-hybridized carbons (Fsp3) is 0.809. The van der Waals surface area contributed by atoms with E-state index in [0.29, 0.717) is 5.56 Å². The minimum atomic E-state index is -0.879. The van der Waals surface area contributed by atoms with Gasteiger partial charge in [0.2, 0.25) is 5.91 Å². The molecular formula is C47H85NO5. The molecule has 1 aromatic rings. The highest BCUT2D eigenvalue weighted by atomic mass is 16.4. The Morgan fingerprint density at radius 3 is 0.943 bits per heavy atom. The van der Waals surface area contributed by atoms with E-state index < -0.39 is 11.9 Å². The van der Waals surface area contributed by atoms with Gasteiger partial charge in [0.1, 0.15) is 0 Å². The van der Waals surface area contributed by atoms with Crippen LogP contribution in [0.25, 0.3) is 0 Å². The predicted octanol–water partition coefficient (Wildman–Crippen LogP) is 14.6. The van der Waals surface area contributed by atoms with Gasteiger partial charge in [0, 0.05) is 19.5 Å². The summed E-state index contributed by atoms with van der Waals surface area (Å²) in [4.78, 5) is 35.9. The monoisotopic (exact) mass is 744 g/mol. The van der Waals surface area contributed by atoms with Crippen molar-refractivity contribution >= 4 is 17.8 Å². The summed E-state index contributed by atoms with van der Waals surface area (Å²) in [6, 6.07) is 8.30. The molecule has 0 unspecified atom stereocenters. The highest BCUT2D eigenvalue weighted by Crippen LogP contribution is 2.16. The lowest BCUT2D eigenvalue weighted by Crippen LogP contribution is -2.33. The van der Waals surface area contributed by atoms with Gasteiger partial charge in [-0.2, -0.15) is 0 Å². The molecule has 0 spiro atoms. The lowest BCUT2D eigenvalue weighted by Gasteiger charge is -2.22. The number of unbranched alkanes of at least 4 members (excludes halogenated alkanes) is 30. The molecule has 6 heteroatoms. The zero-order valence-corrected chi connectivity index (χ0v) is 34.9. The molecule has 0 fully saturated rings. The molecule has 0 saturated carbocycles. The first-order valence-corrected chi connectivity index (χ1v) is 22.7. The van der Waals surface area contributed by atoms with Crippen molar-refractivity contribution in [2.24, 2.45) is 0 Å². The summed E-state index contributed by atoms with van der Waals surface area (Å²) in [7, 11) is 0. The van der Waals surface area contributed by atoms with Crippen LogP contribution in [-0.4, -0.2) is 46.0 Å². The SMILES string of the molecule is CCCCCCCCCCCCCCCCCCN(CCCCCCCCCCCCCCCCCC)C(=O)CCC(=O)O.O=C(O)c1ccccc1. The maximum absolute atomic E-state index is 12.7. The Morgan fingerprint density at radius 1 is 0.415 bits per heavy atom. The zero-order valence-electron chi connectivity index (χ0n) is 34.9. The number of amides is 1. The van der Waals surface area contributed by atoms with Gasteiger partial charge in [-0.05, 0) is 25.0 Å². The maximum Gasteiger partial charge on any atom is 0.335 e. The number of hydrogen-bond donors (Lipinski definition) is 2. The Morgan fingerprint density at radius 2 is 0.698 bits per heavy atom. The standard InChI is InChI=1S/C40H79NO3.C7H6O2/c1-3-5-7-9-11-13-15-17-19-21-23-25-27-29-31-33-37-41(39(42)35-36-40(43)44)38-34-32-30-28-26-24-22-20-18-16-14-12-10-8-6-4-2;8-7(9)6-4-2-1-3-5-6/h3-38H2,1-2H3,(H,43,44);1-5H,(H,8,9). The molecule has 2 N–H and O–H groups in total. The van der Waals surface area contributed by atoms with Crippen molar-refractivity contribution < 1.29 is 24.6 Å². The van der Waals surface area contributed by atoms with E-state index in [1.54, 1.807) is 30.3 Å². The minimum Gasteiger partial charge on any atom is -0.481 e. The van der Waals surface area contributed by atoms with Crippen molar-refractivity contribution in [1.82, 2.24) is 4.90 Å². The second-order valence-electron chi connectivity index (χ2n) is 15.6. The van der Waals surface area contributed by atoms with Gasteiger partial charge in [-0.15, -0.1) is 0 Å². The number of hydrogen-bond acceptors (Lipinski definition) is 3. The predicted molar refractivity (Wildman–Crippen MR) is 226 cm³/mol. The topological polar surface area (TPSA) is 94.9 Å². The first-order valence-electron chi connectivity index (χ1n) is 22.7. The highest BCUT2D eigenvalue weighted by molar-refractivity contribution is 5.87. The summed E-state index contributed by atoms with van der Waals surface area (Å²) >= 11 is 0. The summed E-state index contributed by atoms with van der Waals surface area (Å²) in [6.45, 7) is 6.17. The summed E-state index contributed by atoms with van der Waals surface area (Å²) in [5.74, 6) is -1.71. The fourth-order valence-electron chi connectivity index (χ4n) is 7.02. The number of aliphatic carboxylic acids is 1. The van der Waals surface area contributed by atoms with Crippen LogP contribution < -0.4 is 0 Å². The number of benzene rings is 1. The summed E-state index contributed by atoms with van der Waals surface area (Å²) in [6.07, 6.45) is 43.3. The first kappa shape index (κ1) is 50.6.